The molecule has 0 bridgehead atoms. The van der Waals surface area contributed by atoms with Gasteiger partial charge in [0, 0.05) is 36.0 Å². The molecule has 228 valence electrons. The molecule has 5 N–H and O–H groups in total. The summed E-state index contributed by atoms with van der Waals surface area (Å²) in [6.45, 7) is 18.2. The molecule has 5 rings (SSSR count). The summed E-state index contributed by atoms with van der Waals surface area (Å²) in [5, 5.41) is 8.84. The minimum Gasteiger partial charge on any atom is -0.396 e. The predicted molar refractivity (Wildman–Crippen MR) is 156 cm³/mol. The molecule has 0 radical (unpaired) electrons. The molecule has 0 aromatic rings. The van der Waals surface area contributed by atoms with E-state index in [0.717, 1.165) is 31.5 Å². The lowest BCUT2D eigenvalue weighted by molar-refractivity contribution is -0.142. The fourth-order valence-electron chi connectivity index (χ4n) is 8.56. The molecule has 10 nitrogen and oxygen atoms in total. The van der Waals surface area contributed by atoms with Crippen LogP contribution in [0.5, 0.6) is 0 Å². The number of amides is 4. The van der Waals surface area contributed by atoms with Gasteiger partial charge in [0.2, 0.25) is 17.6 Å². The number of hydrogen-bond donors (Lipinski definition) is 4. The fourth-order valence-corrected chi connectivity index (χ4v) is 8.56. The van der Waals surface area contributed by atoms with E-state index in [0.29, 0.717) is 25.1 Å². The quantitative estimate of drug-likeness (QED) is 0.409. The van der Waals surface area contributed by atoms with E-state index < -0.39 is 35.1 Å². The molecular weight excluding hydrogens is 520 g/mol. The van der Waals surface area contributed by atoms with Crippen LogP contribution in [0.3, 0.4) is 0 Å². The van der Waals surface area contributed by atoms with Crippen molar-refractivity contribution in [2.75, 3.05) is 26.7 Å². The maximum atomic E-state index is 14.4. The maximum absolute atomic E-state index is 14.4. The summed E-state index contributed by atoms with van der Waals surface area (Å²) in [4.78, 5) is 58.5. The number of hydrogen-bond acceptors (Lipinski definition) is 6. The molecule has 2 spiro atoms. The molecule has 5 atom stereocenters. The van der Waals surface area contributed by atoms with E-state index >= 15 is 0 Å². The number of carbonyl (C=O) groups excluding carboxylic acids is 4. The van der Waals surface area contributed by atoms with Gasteiger partial charge in [-0.05, 0) is 75.8 Å². The Labute approximate surface area is 244 Å². The molecule has 0 aromatic carbocycles. The Balaban J connectivity index is 1.43. The van der Waals surface area contributed by atoms with Gasteiger partial charge < -0.3 is 31.5 Å². The van der Waals surface area contributed by atoms with E-state index in [1.54, 1.807) is 4.90 Å². The SMILES string of the molecule is CN1CC2(C1)C(C)(C)[C@]21C[C@@H](C(=O)NC2CC3CCC3=C(N)C2=O)N(C(=O)[C@@H](NC(=O)NC(C)(C)C)C(C)(C)C)C1. The molecule has 2 heterocycles. The standard InChI is InChI=1S/C31H50N6O4/c1-27(2,3)23(34-26(41)35-28(4,5)6)25(40)37-16-30(29(7,8)31(30)14-36(9)15-31)13-20(37)24(39)33-19-12-17-10-11-18(17)21(32)22(19)38/h17,19-20,23H,10-16,32H2,1-9H3,(H,33,39)(H2,34,35,41)/t17?,19?,20-,23+,30+/m0/s1. The van der Waals surface area contributed by atoms with Crippen LogP contribution in [0.2, 0.25) is 0 Å². The average molecular weight is 571 g/mol. The zero-order chi connectivity index (χ0) is 30.5. The summed E-state index contributed by atoms with van der Waals surface area (Å²) in [6.07, 6.45) is 2.93. The van der Waals surface area contributed by atoms with Crippen LogP contribution >= 0.6 is 0 Å². The summed E-state index contributed by atoms with van der Waals surface area (Å²) in [5.74, 6) is -0.536. The molecule has 5 aliphatic rings. The van der Waals surface area contributed by atoms with E-state index in [1.165, 1.54) is 0 Å². The first-order valence-electron chi connectivity index (χ1n) is 15.2. The van der Waals surface area contributed by atoms with Crippen LogP contribution in [-0.2, 0) is 14.4 Å². The first-order chi connectivity index (χ1) is 18.7. The normalized spacial score (nSPS) is 32.7. The molecule has 3 aliphatic carbocycles. The third kappa shape index (κ3) is 4.46. The van der Waals surface area contributed by atoms with Gasteiger partial charge in [-0.25, -0.2) is 4.79 Å². The van der Waals surface area contributed by atoms with Crippen molar-refractivity contribution in [1.82, 2.24) is 25.8 Å². The maximum Gasteiger partial charge on any atom is 0.315 e. The molecule has 4 fully saturated rings. The molecule has 2 saturated carbocycles. The summed E-state index contributed by atoms with van der Waals surface area (Å²) < 4.78 is 0. The monoisotopic (exact) mass is 570 g/mol. The molecule has 2 unspecified atom stereocenters. The van der Waals surface area contributed by atoms with Gasteiger partial charge in [0.05, 0.1) is 11.7 Å². The lowest BCUT2D eigenvalue weighted by atomic mass is 9.69. The zero-order valence-corrected chi connectivity index (χ0v) is 26.4. The Morgan fingerprint density at radius 2 is 1.66 bits per heavy atom. The summed E-state index contributed by atoms with van der Waals surface area (Å²) in [5.41, 5.74) is 6.19. The van der Waals surface area contributed by atoms with Gasteiger partial charge in [-0.1, -0.05) is 34.6 Å². The number of fused-ring (bicyclic) bond motifs is 2. The third-order valence-corrected chi connectivity index (χ3v) is 11.2. The van der Waals surface area contributed by atoms with Crippen LogP contribution in [0, 0.1) is 27.6 Å². The number of likely N-dealkylation sites (tertiary alicyclic amines) is 2. The van der Waals surface area contributed by atoms with Crippen molar-refractivity contribution in [1.29, 1.82) is 0 Å². The van der Waals surface area contributed by atoms with E-state index in [2.05, 4.69) is 41.7 Å². The van der Waals surface area contributed by atoms with Crippen LogP contribution in [-0.4, -0.2) is 83.8 Å². The molecule has 4 amide bonds. The van der Waals surface area contributed by atoms with E-state index in [-0.39, 0.29) is 39.8 Å². The van der Waals surface area contributed by atoms with Crippen LogP contribution in [0.15, 0.2) is 11.3 Å². The molecule has 0 aromatic heterocycles. The summed E-state index contributed by atoms with van der Waals surface area (Å²) in [6, 6.07) is -2.67. The second kappa shape index (κ2) is 9.19. The van der Waals surface area contributed by atoms with Gasteiger partial charge in [0.1, 0.15) is 12.1 Å². The Kier molecular flexibility index (Phi) is 6.69. The minimum atomic E-state index is -0.843. The number of Topliss-reactive ketones (excluding diaryl/α,β-unsaturated/α-hetero) is 1. The molecule has 2 aliphatic heterocycles. The molecule has 41 heavy (non-hydrogen) atoms. The first kappa shape index (κ1) is 29.9. The van der Waals surface area contributed by atoms with Crippen molar-refractivity contribution >= 4 is 23.6 Å². The number of nitrogens with zero attached hydrogens (tertiary/aromatic N) is 2. The highest BCUT2D eigenvalue weighted by Gasteiger charge is 2.86. The second-order valence-electron chi connectivity index (χ2n) is 16.1. The van der Waals surface area contributed by atoms with Crippen molar-refractivity contribution in [2.24, 2.45) is 33.3 Å². The molecule has 10 heteroatoms. The summed E-state index contributed by atoms with van der Waals surface area (Å²) >= 11 is 0. The number of rotatable bonds is 4. The van der Waals surface area contributed by atoms with Crippen molar-refractivity contribution in [3.63, 3.8) is 0 Å². The lowest BCUT2D eigenvalue weighted by Gasteiger charge is -2.41. The van der Waals surface area contributed by atoms with Crippen LogP contribution < -0.4 is 21.7 Å². The largest absolute Gasteiger partial charge is 0.396 e. The Hall–Kier alpha value is -2.62. The smallest absolute Gasteiger partial charge is 0.315 e. The number of urea groups is 1. The van der Waals surface area contributed by atoms with Crippen LogP contribution in [0.1, 0.15) is 81.1 Å². The highest BCUT2D eigenvalue weighted by molar-refractivity contribution is 6.03. The lowest BCUT2D eigenvalue weighted by Crippen LogP contribution is -2.61. The van der Waals surface area contributed by atoms with E-state index in [1.807, 2.05) is 41.5 Å². The van der Waals surface area contributed by atoms with Crippen molar-refractivity contribution in [2.45, 2.75) is 105 Å². The average Bonchev–Trinajstić information content (AvgIpc) is 3.07. The van der Waals surface area contributed by atoms with Crippen molar-refractivity contribution in [3.05, 3.63) is 11.3 Å². The number of nitrogens with one attached hydrogen (secondary N) is 3. The fraction of sp³-hybridized carbons (Fsp3) is 0.806. The highest BCUT2D eigenvalue weighted by Crippen LogP contribution is 2.84. The third-order valence-electron chi connectivity index (χ3n) is 11.2. The topological polar surface area (TPSA) is 137 Å². The van der Waals surface area contributed by atoms with E-state index in [9.17, 15) is 19.2 Å². The number of ketones is 1. The number of carbonyl (C=O) groups is 4. The van der Waals surface area contributed by atoms with Crippen molar-refractivity contribution < 1.29 is 19.2 Å². The van der Waals surface area contributed by atoms with Gasteiger partial charge in [0.25, 0.3) is 0 Å². The Morgan fingerprint density at radius 3 is 2.17 bits per heavy atom. The van der Waals surface area contributed by atoms with Crippen LogP contribution in [0.25, 0.3) is 0 Å². The predicted octanol–water partition coefficient (Wildman–Crippen LogP) is 2.14. The molecular formula is C31H50N6O4. The van der Waals surface area contributed by atoms with Crippen LogP contribution in [0.4, 0.5) is 4.79 Å². The first-order valence-corrected chi connectivity index (χ1v) is 15.2. The minimum absolute atomic E-state index is 0.0330. The van der Waals surface area contributed by atoms with Gasteiger partial charge >= 0.3 is 6.03 Å². The van der Waals surface area contributed by atoms with Crippen molar-refractivity contribution in [3.8, 4) is 0 Å². The Morgan fingerprint density at radius 1 is 1.02 bits per heavy atom. The second-order valence-corrected chi connectivity index (χ2v) is 16.1. The van der Waals surface area contributed by atoms with Gasteiger partial charge in [-0.3, -0.25) is 14.4 Å². The van der Waals surface area contributed by atoms with Gasteiger partial charge in [0.15, 0.2) is 0 Å². The summed E-state index contributed by atoms with van der Waals surface area (Å²) in [7, 11) is 2.10. The number of nitrogens with two attached hydrogens (primary N) is 1. The molecule has 2 saturated heterocycles. The Bertz CT molecular complexity index is 1200. The zero-order valence-electron chi connectivity index (χ0n) is 26.4. The van der Waals surface area contributed by atoms with Gasteiger partial charge in [-0.2, -0.15) is 0 Å². The van der Waals surface area contributed by atoms with E-state index in [4.69, 9.17) is 5.73 Å². The highest BCUT2D eigenvalue weighted by atomic mass is 16.2. The number of allylic oxidation sites excluding steroid dienone is 1. The van der Waals surface area contributed by atoms with Gasteiger partial charge in [-0.15, -0.1) is 0 Å².